The van der Waals surface area contributed by atoms with E-state index in [2.05, 4.69) is 20.7 Å². The number of carbonyl (C=O) groups excluding carboxylic acids is 1. The number of halogens is 2. The summed E-state index contributed by atoms with van der Waals surface area (Å²) < 4.78 is 18.5. The van der Waals surface area contributed by atoms with Gasteiger partial charge in [0.2, 0.25) is 6.36 Å². The van der Waals surface area contributed by atoms with Gasteiger partial charge in [-0.15, -0.1) is 0 Å². The number of benzene rings is 1. The monoisotopic (exact) mass is 330 g/mol. The van der Waals surface area contributed by atoms with E-state index < -0.39 is 24.3 Å². The van der Waals surface area contributed by atoms with E-state index in [1.54, 1.807) is 0 Å². The molecule has 0 radical (unpaired) electrons. The number of cyclic esters (lactones) is 1. The summed E-state index contributed by atoms with van der Waals surface area (Å²) in [5, 5.41) is 10.4. The third-order valence-corrected chi connectivity index (χ3v) is 4.06. The number of hydrogen-bond donors (Lipinski definition) is 1. The fraction of sp³-hybridized carbons (Fsp3) is 0.500. The predicted molar refractivity (Wildman–Crippen MR) is 72.3 cm³/mol. The maximum atomic E-state index is 13.3. The standard InChI is InChI=1S/C14H16BrFO3/c1-7-3-8(2)13(10(15)4-7)14(18)9-5-11(16)19-12(17)6-9/h3-4,9,11,14,18H,5-6H2,1-2H3. The first-order chi connectivity index (χ1) is 8.88. The first-order valence-electron chi connectivity index (χ1n) is 6.16. The Hall–Kier alpha value is -0.940. The van der Waals surface area contributed by atoms with Crippen LogP contribution in [0, 0.1) is 19.8 Å². The second-order valence-corrected chi connectivity index (χ2v) is 5.88. The molecule has 0 aromatic heterocycles. The van der Waals surface area contributed by atoms with Crippen molar-refractivity contribution < 1.29 is 19.0 Å². The van der Waals surface area contributed by atoms with Gasteiger partial charge in [0, 0.05) is 16.8 Å². The molecule has 104 valence electrons. The van der Waals surface area contributed by atoms with Gasteiger partial charge < -0.3 is 9.84 Å². The average Bonchev–Trinajstić information content (AvgIpc) is 2.25. The number of alkyl halides is 1. The molecule has 3 atom stereocenters. The Balaban J connectivity index is 2.29. The van der Waals surface area contributed by atoms with Gasteiger partial charge in [0.25, 0.3) is 0 Å². The van der Waals surface area contributed by atoms with Crippen molar-refractivity contribution in [3.05, 3.63) is 33.3 Å². The van der Waals surface area contributed by atoms with Crippen LogP contribution in [0.25, 0.3) is 0 Å². The molecule has 1 saturated heterocycles. The largest absolute Gasteiger partial charge is 0.431 e. The number of esters is 1. The quantitative estimate of drug-likeness (QED) is 0.846. The predicted octanol–water partition coefficient (Wildman–Crippen LogP) is 3.35. The van der Waals surface area contributed by atoms with Crippen molar-refractivity contribution in [1.82, 2.24) is 0 Å². The molecule has 1 fully saturated rings. The highest BCUT2D eigenvalue weighted by Crippen LogP contribution is 2.38. The van der Waals surface area contributed by atoms with Gasteiger partial charge in [-0.25, -0.2) is 4.39 Å². The van der Waals surface area contributed by atoms with Gasteiger partial charge in [0.05, 0.1) is 12.5 Å². The number of rotatable bonds is 2. The molecule has 3 unspecified atom stereocenters. The van der Waals surface area contributed by atoms with Crippen molar-refractivity contribution in [3.8, 4) is 0 Å². The van der Waals surface area contributed by atoms with Crippen LogP contribution in [0.15, 0.2) is 16.6 Å². The Morgan fingerprint density at radius 1 is 1.47 bits per heavy atom. The van der Waals surface area contributed by atoms with E-state index in [1.807, 2.05) is 26.0 Å². The average molecular weight is 331 g/mol. The summed E-state index contributed by atoms with van der Waals surface area (Å²) in [6, 6.07) is 3.86. The zero-order chi connectivity index (χ0) is 14.2. The van der Waals surface area contributed by atoms with Crippen molar-refractivity contribution in [3.63, 3.8) is 0 Å². The summed E-state index contributed by atoms with van der Waals surface area (Å²) in [4.78, 5) is 11.3. The van der Waals surface area contributed by atoms with E-state index in [0.29, 0.717) is 0 Å². The second kappa shape index (κ2) is 5.59. The summed E-state index contributed by atoms with van der Waals surface area (Å²) in [5.41, 5.74) is 2.72. The molecule has 19 heavy (non-hydrogen) atoms. The Kier molecular flexibility index (Phi) is 4.26. The van der Waals surface area contributed by atoms with Crippen LogP contribution >= 0.6 is 15.9 Å². The van der Waals surface area contributed by atoms with Gasteiger partial charge in [-0.05, 0) is 36.6 Å². The van der Waals surface area contributed by atoms with Gasteiger partial charge in [0.15, 0.2) is 0 Å². The molecule has 0 spiro atoms. The summed E-state index contributed by atoms with van der Waals surface area (Å²) in [6.45, 7) is 3.86. The van der Waals surface area contributed by atoms with Gasteiger partial charge in [0.1, 0.15) is 0 Å². The van der Waals surface area contributed by atoms with Crippen molar-refractivity contribution in [2.24, 2.45) is 5.92 Å². The molecule has 1 heterocycles. The zero-order valence-electron chi connectivity index (χ0n) is 10.8. The van der Waals surface area contributed by atoms with Crippen LogP contribution in [0.1, 0.15) is 35.6 Å². The lowest BCUT2D eigenvalue weighted by Crippen LogP contribution is -2.30. The van der Waals surface area contributed by atoms with Crippen LogP contribution in [-0.4, -0.2) is 17.4 Å². The lowest BCUT2D eigenvalue weighted by atomic mass is 9.86. The van der Waals surface area contributed by atoms with Gasteiger partial charge in [-0.2, -0.15) is 0 Å². The smallest absolute Gasteiger partial charge is 0.308 e. The van der Waals surface area contributed by atoms with Crippen molar-refractivity contribution in [2.45, 2.75) is 39.2 Å². The number of aliphatic hydroxyl groups is 1. The van der Waals surface area contributed by atoms with E-state index in [1.165, 1.54) is 0 Å². The minimum Gasteiger partial charge on any atom is -0.431 e. The molecule has 3 nitrogen and oxygen atoms in total. The lowest BCUT2D eigenvalue weighted by Gasteiger charge is -2.29. The zero-order valence-corrected chi connectivity index (χ0v) is 12.4. The lowest BCUT2D eigenvalue weighted by molar-refractivity contribution is -0.172. The first-order valence-corrected chi connectivity index (χ1v) is 6.96. The molecule has 0 aliphatic carbocycles. The summed E-state index contributed by atoms with van der Waals surface area (Å²) in [5.74, 6) is -1.04. The molecule has 0 saturated carbocycles. The number of carbonyl (C=O) groups is 1. The molecule has 1 aliphatic rings. The normalized spacial score (nSPS) is 25.0. The van der Waals surface area contributed by atoms with Gasteiger partial charge in [-0.3, -0.25) is 4.79 Å². The minimum atomic E-state index is -1.62. The van der Waals surface area contributed by atoms with E-state index >= 15 is 0 Å². The number of aryl methyl sites for hydroxylation is 2. The van der Waals surface area contributed by atoms with Crippen molar-refractivity contribution >= 4 is 21.9 Å². The van der Waals surface area contributed by atoms with Crippen LogP contribution < -0.4 is 0 Å². The van der Waals surface area contributed by atoms with Gasteiger partial charge >= 0.3 is 5.97 Å². The maximum absolute atomic E-state index is 13.3. The van der Waals surface area contributed by atoms with Crippen LogP contribution in [0.5, 0.6) is 0 Å². The highest BCUT2D eigenvalue weighted by Gasteiger charge is 2.34. The fourth-order valence-electron chi connectivity index (χ4n) is 2.55. The van der Waals surface area contributed by atoms with Crippen molar-refractivity contribution in [1.29, 1.82) is 0 Å². The third-order valence-electron chi connectivity index (χ3n) is 3.40. The Bertz CT molecular complexity index is 480. The van der Waals surface area contributed by atoms with Crippen LogP contribution in [0.3, 0.4) is 0 Å². The minimum absolute atomic E-state index is 0.0344. The highest BCUT2D eigenvalue weighted by molar-refractivity contribution is 9.10. The molecular weight excluding hydrogens is 315 g/mol. The van der Waals surface area contributed by atoms with E-state index in [4.69, 9.17) is 0 Å². The molecule has 0 bridgehead atoms. The van der Waals surface area contributed by atoms with E-state index in [-0.39, 0.29) is 12.8 Å². The molecule has 0 amide bonds. The molecule has 5 heteroatoms. The Morgan fingerprint density at radius 3 is 2.74 bits per heavy atom. The molecule has 1 aromatic rings. The number of aliphatic hydroxyl groups excluding tert-OH is 1. The van der Waals surface area contributed by atoms with E-state index in [0.717, 1.165) is 21.2 Å². The van der Waals surface area contributed by atoms with Gasteiger partial charge in [-0.1, -0.05) is 22.0 Å². The summed E-state index contributed by atoms with van der Waals surface area (Å²) in [6.07, 6.45) is -2.42. The first kappa shape index (κ1) is 14.5. The molecule has 1 N–H and O–H groups in total. The number of ether oxygens (including phenoxy) is 1. The fourth-order valence-corrected chi connectivity index (χ4v) is 3.46. The molecule has 1 aromatic carbocycles. The topological polar surface area (TPSA) is 46.5 Å². The maximum Gasteiger partial charge on any atom is 0.308 e. The van der Waals surface area contributed by atoms with Crippen LogP contribution in [0.4, 0.5) is 4.39 Å². The Morgan fingerprint density at radius 2 is 2.16 bits per heavy atom. The summed E-state index contributed by atoms with van der Waals surface area (Å²) in [7, 11) is 0. The van der Waals surface area contributed by atoms with E-state index in [9.17, 15) is 14.3 Å². The summed E-state index contributed by atoms with van der Waals surface area (Å²) >= 11 is 3.43. The molecular formula is C14H16BrFO3. The third kappa shape index (κ3) is 3.15. The molecule has 2 rings (SSSR count). The number of hydrogen-bond acceptors (Lipinski definition) is 3. The Labute approximate surface area is 119 Å². The van der Waals surface area contributed by atoms with Crippen LogP contribution in [0.2, 0.25) is 0 Å². The second-order valence-electron chi connectivity index (χ2n) is 5.02. The molecule has 1 aliphatic heterocycles. The van der Waals surface area contributed by atoms with Crippen molar-refractivity contribution in [2.75, 3.05) is 0 Å². The SMILES string of the molecule is Cc1cc(C)c(C(O)C2CC(=O)OC(F)C2)c(Br)c1. The van der Waals surface area contributed by atoms with Crippen LogP contribution in [-0.2, 0) is 9.53 Å². The highest BCUT2D eigenvalue weighted by atomic mass is 79.9.